The Hall–Kier alpha value is -1.18. The van der Waals surface area contributed by atoms with Crippen LogP contribution in [0.1, 0.15) is 13.3 Å². The van der Waals surface area contributed by atoms with Crippen molar-refractivity contribution in [3.05, 3.63) is 23.5 Å². The molecule has 6 nitrogen and oxygen atoms in total. The summed E-state index contributed by atoms with van der Waals surface area (Å²) in [6, 6.07) is 2.94. The molecule has 1 atom stereocenters. The topological polar surface area (TPSA) is 79.4 Å². The average Bonchev–Trinajstić information content (AvgIpc) is 2.83. The molecule has 1 unspecified atom stereocenters. The summed E-state index contributed by atoms with van der Waals surface area (Å²) in [5, 5.41) is 2.52. The van der Waals surface area contributed by atoms with Crippen LogP contribution in [0.25, 0.3) is 0 Å². The summed E-state index contributed by atoms with van der Waals surface area (Å²) < 4.78 is 26.3. The molecule has 1 fully saturated rings. The molecule has 20 heavy (non-hydrogen) atoms. The Morgan fingerprint density at radius 1 is 1.55 bits per heavy atom. The molecule has 0 aliphatic carbocycles. The molecule has 1 N–H and O–H groups in total. The van der Waals surface area contributed by atoms with Gasteiger partial charge in [-0.05, 0) is 25.5 Å². The number of carbonyl (C=O) groups is 1. The quantitative estimate of drug-likeness (QED) is 0.839. The van der Waals surface area contributed by atoms with Crippen LogP contribution in [0.4, 0.5) is 0 Å². The third kappa shape index (κ3) is 2.53. The third-order valence-electron chi connectivity index (χ3n) is 3.56. The van der Waals surface area contributed by atoms with Crippen molar-refractivity contribution in [1.29, 1.82) is 0 Å². The second-order valence-corrected chi connectivity index (χ2v) is 7.29. The number of hydrogen-bond donors (Lipinski definition) is 1. The highest BCUT2D eigenvalue weighted by Crippen LogP contribution is 2.34. The molecule has 1 aromatic rings. The summed E-state index contributed by atoms with van der Waals surface area (Å²) in [6.07, 6.45) is 1.91. The first kappa shape index (κ1) is 15.2. The maximum Gasteiger partial charge on any atom is 0.246 e. The number of halogens is 1. The van der Waals surface area contributed by atoms with Gasteiger partial charge in [-0.25, -0.2) is 13.4 Å². The molecule has 8 heteroatoms. The third-order valence-corrected chi connectivity index (χ3v) is 5.85. The maximum atomic E-state index is 12.5. The molecule has 2 heterocycles. The maximum absolute atomic E-state index is 12.5. The minimum absolute atomic E-state index is 0.0252. The van der Waals surface area contributed by atoms with E-state index in [1.807, 2.05) is 0 Å². The smallest absolute Gasteiger partial charge is 0.246 e. The zero-order valence-corrected chi connectivity index (χ0v) is 12.8. The summed E-state index contributed by atoms with van der Waals surface area (Å²) in [6.45, 7) is 2.18. The second-order valence-electron chi connectivity index (χ2n) is 5.02. The first-order valence-corrected chi connectivity index (χ1v) is 7.96. The monoisotopic (exact) mass is 317 g/mol. The number of nitrogens with zero attached hydrogens (tertiary/aromatic N) is 2. The molecular weight excluding hydrogens is 302 g/mol. The molecule has 0 spiro atoms. The normalized spacial score (nSPS) is 23.8. The Morgan fingerprint density at radius 3 is 2.85 bits per heavy atom. The van der Waals surface area contributed by atoms with Crippen LogP contribution in [0.15, 0.2) is 23.2 Å². The van der Waals surface area contributed by atoms with Gasteiger partial charge in [0.05, 0.1) is 5.41 Å². The first-order valence-electron chi connectivity index (χ1n) is 6.14. The summed E-state index contributed by atoms with van der Waals surface area (Å²) in [4.78, 5) is 15.6. The van der Waals surface area contributed by atoms with Gasteiger partial charge in [0.15, 0.2) is 0 Å². The van der Waals surface area contributed by atoms with Crippen molar-refractivity contribution < 1.29 is 13.2 Å². The number of hydrogen-bond acceptors (Lipinski definition) is 4. The number of pyridine rings is 1. The summed E-state index contributed by atoms with van der Waals surface area (Å²) in [7, 11) is -2.18. The molecule has 110 valence electrons. The van der Waals surface area contributed by atoms with Crippen LogP contribution < -0.4 is 5.32 Å². The SMILES string of the molecule is CNC(=O)C1(C)CCN(S(=O)(=O)c2cccnc2Cl)C1. The highest BCUT2D eigenvalue weighted by atomic mass is 35.5. The first-order chi connectivity index (χ1) is 9.31. The predicted molar refractivity (Wildman–Crippen MR) is 74.8 cm³/mol. The minimum atomic E-state index is -3.72. The van der Waals surface area contributed by atoms with Gasteiger partial charge in [0, 0.05) is 26.3 Å². The van der Waals surface area contributed by atoms with Gasteiger partial charge in [-0.3, -0.25) is 4.79 Å². The van der Waals surface area contributed by atoms with Gasteiger partial charge in [0.2, 0.25) is 15.9 Å². The van der Waals surface area contributed by atoms with Crippen LogP contribution in [0.3, 0.4) is 0 Å². The molecule has 0 bridgehead atoms. The molecule has 2 rings (SSSR count). The van der Waals surface area contributed by atoms with Crippen molar-refractivity contribution in [2.45, 2.75) is 18.2 Å². The lowest BCUT2D eigenvalue weighted by Crippen LogP contribution is -2.40. The van der Waals surface area contributed by atoms with Crippen LogP contribution >= 0.6 is 11.6 Å². The predicted octanol–water partition coefficient (Wildman–Crippen LogP) is 0.882. The number of sulfonamides is 1. The molecular formula is C12H16ClN3O3S. The van der Waals surface area contributed by atoms with Gasteiger partial charge in [-0.1, -0.05) is 11.6 Å². The molecule has 1 aliphatic rings. The van der Waals surface area contributed by atoms with Crippen molar-refractivity contribution in [1.82, 2.24) is 14.6 Å². The molecule has 1 saturated heterocycles. The van der Waals surface area contributed by atoms with Gasteiger partial charge in [-0.2, -0.15) is 4.31 Å². The highest BCUT2D eigenvalue weighted by molar-refractivity contribution is 7.89. The second kappa shape index (κ2) is 5.31. The van der Waals surface area contributed by atoms with Gasteiger partial charge < -0.3 is 5.32 Å². The summed E-state index contributed by atoms with van der Waals surface area (Å²) in [5.74, 6) is -0.160. The van der Waals surface area contributed by atoms with E-state index in [0.717, 1.165) is 0 Å². The molecule has 1 amide bonds. The van der Waals surface area contributed by atoms with Crippen molar-refractivity contribution in [3.8, 4) is 0 Å². The lowest BCUT2D eigenvalue weighted by atomic mass is 9.89. The van der Waals surface area contributed by atoms with Gasteiger partial charge in [-0.15, -0.1) is 0 Å². The van der Waals surface area contributed by atoms with E-state index in [9.17, 15) is 13.2 Å². The van der Waals surface area contributed by atoms with E-state index in [0.29, 0.717) is 6.42 Å². The number of aromatic nitrogens is 1. The van der Waals surface area contributed by atoms with E-state index < -0.39 is 15.4 Å². The van der Waals surface area contributed by atoms with E-state index in [1.54, 1.807) is 14.0 Å². The largest absolute Gasteiger partial charge is 0.359 e. The fraction of sp³-hybridized carbons (Fsp3) is 0.500. The minimum Gasteiger partial charge on any atom is -0.359 e. The van der Waals surface area contributed by atoms with Crippen LogP contribution in [-0.2, 0) is 14.8 Å². The van der Waals surface area contributed by atoms with E-state index in [-0.39, 0.29) is 29.0 Å². The number of rotatable bonds is 3. The zero-order chi connectivity index (χ0) is 15.0. The van der Waals surface area contributed by atoms with Crippen molar-refractivity contribution in [2.75, 3.05) is 20.1 Å². The number of amides is 1. The van der Waals surface area contributed by atoms with E-state index >= 15 is 0 Å². The van der Waals surface area contributed by atoms with Crippen LogP contribution in [0, 0.1) is 5.41 Å². The van der Waals surface area contributed by atoms with Gasteiger partial charge in [0.1, 0.15) is 10.0 Å². The van der Waals surface area contributed by atoms with E-state index in [4.69, 9.17) is 11.6 Å². The van der Waals surface area contributed by atoms with Crippen LogP contribution in [-0.4, -0.2) is 43.8 Å². The summed E-state index contributed by atoms with van der Waals surface area (Å²) >= 11 is 5.85. The summed E-state index contributed by atoms with van der Waals surface area (Å²) in [5.41, 5.74) is -0.712. The Labute approximate surface area is 123 Å². The van der Waals surface area contributed by atoms with Crippen molar-refractivity contribution in [2.24, 2.45) is 5.41 Å². The fourth-order valence-electron chi connectivity index (χ4n) is 2.31. The number of carbonyl (C=O) groups excluding carboxylic acids is 1. The molecule has 0 aromatic carbocycles. The Bertz CT molecular complexity index is 635. The molecule has 1 aromatic heterocycles. The molecule has 1 aliphatic heterocycles. The number of nitrogens with one attached hydrogen (secondary N) is 1. The Balaban J connectivity index is 2.30. The van der Waals surface area contributed by atoms with Gasteiger partial charge in [0.25, 0.3) is 0 Å². The molecule has 0 radical (unpaired) electrons. The van der Waals surface area contributed by atoms with Crippen LogP contribution in [0.2, 0.25) is 5.15 Å². The van der Waals surface area contributed by atoms with Crippen molar-refractivity contribution >= 4 is 27.5 Å². The Morgan fingerprint density at radius 2 is 2.25 bits per heavy atom. The zero-order valence-electron chi connectivity index (χ0n) is 11.3. The lowest BCUT2D eigenvalue weighted by Gasteiger charge is -2.22. The van der Waals surface area contributed by atoms with Gasteiger partial charge >= 0.3 is 0 Å². The van der Waals surface area contributed by atoms with Crippen LogP contribution in [0.5, 0.6) is 0 Å². The lowest BCUT2D eigenvalue weighted by molar-refractivity contribution is -0.128. The average molecular weight is 318 g/mol. The highest BCUT2D eigenvalue weighted by Gasteiger charge is 2.44. The van der Waals surface area contributed by atoms with E-state index in [1.165, 1.54) is 22.6 Å². The standard InChI is InChI=1S/C12H16ClN3O3S/c1-12(11(17)14-2)5-7-16(8-12)20(18,19)9-4-3-6-15-10(9)13/h3-4,6H,5,7-8H2,1-2H3,(H,14,17). The Kier molecular flexibility index (Phi) is 4.04. The van der Waals surface area contributed by atoms with E-state index in [2.05, 4.69) is 10.3 Å². The van der Waals surface area contributed by atoms with Crippen molar-refractivity contribution in [3.63, 3.8) is 0 Å². The molecule has 0 saturated carbocycles. The fourth-order valence-corrected chi connectivity index (χ4v) is 4.31.